The maximum Gasteiger partial charge on any atom is 0.00161 e. The van der Waals surface area contributed by atoms with Crippen LogP contribution in [-0.4, -0.2) is 31.1 Å². The summed E-state index contributed by atoms with van der Waals surface area (Å²) in [7, 11) is 0. The molecule has 0 aromatic heterocycles. The Kier molecular flexibility index (Phi) is 1.46. The van der Waals surface area contributed by atoms with E-state index < -0.39 is 0 Å². The Hall–Kier alpha value is -0.0800. The van der Waals surface area contributed by atoms with E-state index in [4.69, 9.17) is 5.73 Å². The standard InChI is InChI=1S/C8H16N2/c1-2-10-4-7-6(3-9)8(7)5-10/h6-8H,2-5,9H2,1H3. The van der Waals surface area contributed by atoms with Gasteiger partial charge in [0.25, 0.3) is 0 Å². The van der Waals surface area contributed by atoms with Gasteiger partial charge in [-0.25, -0.2) is 0 Å². The lowest BCUT2D eigenvalue weighted by Crippen LogP contribution is -2.25. The number of hydrogen-bond donors (Lipinski definition) is 1. The zero-order valence-electron chi connectivity index (χ0n) is 6.59. The van der Waals surface area contributed by atoms with Crippen molar-refractivity contribution in [1.29, 1.82) is 0 Å². The van der Waals surface area contributed by atoms with Gasteiger partial charge >= 0.3 is 0 Å². The first-order valence-electron chi connectivity index (χ1n) is 4.29. The molecule has 0 spiro atoms. The van der Waals surface area contributed by atoms with Gasteiger partial charge in [0, 0.05) is 13.1 Å². The number of nitrogens with zero attached hydrogens (tertiary/aromatic N) is 1. The fourth-order valence-corrected chi connectivity index (χ4v) is 2.34. The first kappa shape index (κ1) is 6.62. The Morgan fingerprint density at radius 2 is 2.00 bits per heavy atom. The zero-order valence-corrected chi connectivity index (χ0v) is 6.59. The van der Waals surface area contributed by atoms with Crippen LogP contribution < -0.4 is 5.73 Å². The fourth-order valence-electron chi connectivity index (χ4n) is 2.34. The summed E-state index contributed by atoms with van der Waals surface area (Å²) in [6.45, 7) is 7.03. The van der Waals surface area contributed by atoms with E-state index in [1.165, 1.54) is 19.6 Å². The second-order valence-electron chi connectivity index (χ2n) is 3.58. The van der Waals surface area contributed by atoms with Crippen LogP contribution in [0.5, 0.6) is 0 Å². The van der Waals surface area contributed by atoms with Gasteiger partial charge in [0.15, 0.2) is 0 Å². The van der Waals surface area contributed by atoms with Crippen LogP contribution in [0.2, 0.25) is 0 Å². The van der Waals surface area contributed by atoms with Crippen molar-refractivity contribution in [3.05, 3.63) is 0 Å². The van der Waals surface area contributed by atoms with Crippen LogP contribution in [0, 0.1) is 17.8 Å². The van der Waals surface area contributed by atoms with Crippen LogP contribution in [0.25, 0.3) is 0 Å². The summed E-state index contributed by atoms with van der Waals surface area (Å²) in [5, 5.41) is 0. The van der Waals surface area contributed by atoms with E-state index in [2.05, 4.69) is 11.8 Å². The van der Waals surface area contributed by atoms with Crippen LogP contribution in [0.4, 0.5) is 0 Å². The maximum absolute atomic E-state index is 5.59. The Morgan fingerprint density at radius 1 is 1.40 bits per heavy atom. The highest BCUT2D eigenvalue weighted by atomic mass is 15.2. The first-order chi connectivity index (χ1) is 4.86. The van der Waals surface area contributed by atoms with Gasteiger partial charge in [-0.15, -0.1) is 0 Å². The third-order valence-corrected chi connectivity index (χ3v) is 3.17. The molecule has 1 aliphatic heterocycles. The average molecular weight is 140 g/mol. The smallest absolute Gasteiger partial charge is 0.00161 e. The van der Waals surface area contributed by atoms with E-state index in [0.29, 0.717) is 0 Å². The molecule has 2 aliphatic rings. The number of piperidine rings is 1. The van der Waals surface area contributed by atoms with Crippen molar-refractivity contribution >= 4 is 0 Å². The van der Waals surface area contributed by atoms with Crippen LogP contribution in [0.15, 0.2) is 0 Å². The summed E-state index contributed by atoms with van der Waals surface area (Å²) in [5.41, 5.74) is 5.59. The van der Waals surface area contributed by atoms with Crippen LogP contribution >= 0.6 is 0 Å². The highest BCUT2D eigenvalue weighted by Crippen LogP contribution is 2.50. The Morgan fingerprint density at radius 3 is 2.40 bits per heavy atom. The Bertz CT molecular complexity index is 121. The average Bonchev–Trinajstić information content (AvgIpc) is 2.43. The molecule has 2 unspecified atom stereocenters. The van der Waals surface area contributed by atoms with Gasteiger partial charge in [0.2, 0.25) is 0 Å². The van der Waals surface area contributed by atoms with Crippen molar-refractivity contribution in [2.75, 3.05) is 26.2 Å². The molecule has 2 nitrogen and oxygen atoms in total. The SMILES string of the molecule is CCN1CC2C(CN)C2C1. The van der Waals surface area contributed by atoms with E-state index in [1.807, 2.05) is 0 Å². The minimum absolute atomic E-state index is 0.891. The number of likely N-dealkylation sites (tertiary alicyclic amines) is 1. The molecule has 0 amide bonds. The summed E-state index contributed by atoms with van der Waals surface area (Å²) in [5.74, 6) is 2.85. The molecule has 0 bridgehead atoms. The van der Waals surface area contributed by atoms with Gasteiger partial charge in [0.05, 0.1) is 0 Å². The third kappa shape index (κ3) is 0.789. The molecule has 1 aliphatic carbocycles. The van der Waals surface area contributed by atoms with E-state index in [-0.39, 0.29) is 0 Å². The third-order valence-electron chi connectivity index (χ3n) is 3.17. The summed E-state index contributed by atoms with van der Waals surface area (Å²) in [6.07, 6.45) is 0. The van der Waals surface area contributed by atoms with Crippen LogP contribution in [-0.2, 0) is 0 Å². The minimum Gasteiger partial charge on any atom is -0.330 e. The lowest BCUT2D eigenvalue weighted by molar-refractivity contribution is 0.301. The van der Waals surface area contributed by atoms with Gasteiger partial charge < -0.3 is 10.6 Å². The van der Waals surface area contributed by atoms with Crippen molar-refractivity contribution in [2.45, 2.75) is 6.92 Å². The monoisotopic (exact) mass is 140 g/mol. The van der Waals surface area contributed by atoms with E-state index >= 15 is 0 Å². The summed E-state index contributed by atoms with van der Waals surface area (Å²) >= 11 is 0. The largest absolute Gasteiger partial charge is 0.330 e. The van der Waals surface area contributed by atoms with Gasteiger partial charge in [-0.05, 0) is 30.8 Å². The molecular formula is C8H16N2. The second kappa shape index (κ2) is 2.21. The molecule has 2 fully saturated rings. The molecule has 2 heteroatoms. The molecule has 10 heavy (non-hydrogen) atoms. The quantitative estimate of drug-likeness (QED) is 0.591. The van der Waals surface area contributed by atoms with Gasteiger partial charge in [0.1, 0.15) is 0 Å². The fraction of sp³-hybridized carbons (Fsp3) is 1.00. The van der Waals surface area contributed by atoms with Crippen LogP contribution in [0.1, 0.15) is 6.92 Å². The van der Waals surface area contributed by atoms with E-state index in [9.17, 15) is 0 Å². The second-order valence-corrected chi connectivity index (χ2v) is 3.58. The molecule has 0 aromatic carbocycles. The van der Waals surface area contributed by atoms with Crippen molar-refractivity contribution in [3.63, 3.8) is 0 Å². The summed E-state index contributed by atoms with van der Waals surface area (Å²) < 4.78 is 0. The molecule has 2 atom stereocenters. The topological polar surface area (TPSA) is 29.3 Å². The van der Waals surface area contributed by atoms with Crippen LogP contribution in [0.3, 0.4) is 0 Å². The predicted molar refractivity (Wildman–Crippen MR) is 41.6 cm³/mol. The van der Waals surface area contributed by atoms with Gasteiger partial charge in [-0.3, -0.25) is 0 Å². The number of fused-ring (bicyclic) bond motifs is 1. The molecule has 2 rings (SSSR count). The summed E-state index contributed by atoms with van der Waals surface area (Å²) in [6, 6.07) is 0. The minimum atomic E-state index is 0.891. The zero-order chi connectivity index (χ0) is 7.14. The highest BCUT2D eigenvalue weighted by Gasteiger charge is 2.53. The Labute approximate surface area is 62.4 Å². The first-order valence-corrected chi connectivity index (χ1v) is 4.29. The molecule has 1 heterocycles. The van der Waals surface area contributed by atoms with E-state index in [0.717, 1.165) is 24.3 Å². The predicted octanol–water partition coefficient (Wildman–Crippen LogP) is 0.143. The molecule has 1 saturated carbocycles. The lowest BCUT2D eigenvalue weighted by atomic mass is 10.3. The maximum atomic E-state index is 5.59. The summed E-state index contributed by atoms with van der Waals surface area (Å²) in [4.78, 5) is 2.53. The van der Waals surface area contributed by atoms with Crippen molar-refractivity contribution in [3.8, 4) is 0 Å². The number of hydrogen-bond acceptors (Lipinski definition) is 2. The molecule has 0 radical (unpaired) electrons. The van der Waals surface area contributed by atoms with Gasteiger partial charge in [-0.2, -0.15) is 0 Å². The van der Waals surface area contributed by atoms with Crippen molar-refractivity contribution in [1.82, 2.24) is 4.90 Å². The number of rotatable bonds is 2. The number of nitrogens with two attached hydrogens (primary N) is 1. The van der Waals surface area contributed by atoms with Gasteiger partial charge in [-0.1, -0.05) is 6.92 Å². The molecule has 1 saturated heterocycles. The van der Waals surface area contributed by atoms with E-state index in [1.54, 1.807) is 0 Å². The molecule has 2 N–H and O–H groups in total. The molecular weight excluding hydrogens is 124 g/mol. The van der Waals surface area contributed by atoms with Crippen molar-refractivity contribution < 1.29 is 0 Å². The van der Waals surface area contributed by atoms with Crippen molar-refractivity contribution in [2.24, 2.45) is 23.5 Å². The molecule has 58 valence electrons. The normalized spacial score (nSPS) is 45.6. The molecule has 0 aromatic rings. The highest BCUT2D eigenvalue weighted by molar-refractivity contribution is 5.04. The lowest BCUT2D eigenvalue weighted by Gasteiger charge is -2.15. The Balaban J connectivity index is 1.84.